The summed E-state index contributed by atoms with van der Waals surface area (Å²) in [6.45, 7) is 5.40. The summed E-state index contributed by atoms with van der Waals surface area (Å²) in [5.41, 5.74) is 2.63. The van der Waals surface area contributed by atoms with Crippen molar-refractivity contribution >= 4 is 39.1 Å². The largest absolute Gasteiger partial charge is 0.378 e. The number of halogens is 1. The molecule has 6 nitrogen and oxygen atoms in total. The summed E-state index contributed by atoms with van der Waals surface area (Å²) in [6, 6.07) is 12.6. The smallest absolute Gasteiger partial charge is 0.255 e. The highest BCUT2D eigenvalue weighted by Crippen LogP contribution is 2.30. The van der Waals surface area contributed by atoms with Gasteiger partial charge in [-0.05, 0) is 43.3 Å². The van der Waals surface area contributed by atoms with Gasteiger partial charge in [0.2, 0.25) is 0 Å². The predicted octanol–water partition coefficient (Wildman–Crippen LogP) is 3.63. The summed E-state index contributed by atoms with van der Waals surface area (Å²) < 4.78 is 6.31. The molecule has 0 atom stereocenters. The lowest BCUT2D eigenvalue weighted by atomic mass is 10.1. The van der Waals surface area contributed by atoms with Gasteiger partial charge in [-0.1, -0.05) is 22.0 Å². The first-order valence-electron chi connectivity index (χ1n) is 9.28. The van der Waals surface area contributed by atoms with Gasteiger partial charge >= 0.3 is 0 Å². The van der Waals surface area contributed by atoms with E-state index >= 15 is 0 Å². The summed E-state index contributed by atoms with van der Waals surface area (Å²) in [6.07, 6.45) is 0. The zero-order chi connectivity index (χ0) is 20.1. The fraction of sp³-hybridized carbons (Fsp3) is 0.333. The number of carbonyl (C=O) groups is 2. The number of nitrogens with one attached hydrogen (secondary N) is 1. The van der Waals surface area contributed by atoms with Gasteiger partial charge in [0.1, 0.15) is 0 Å². The number of ether oxygens (including phenoxy) is 1. The van der Waals surface area contributed by atoms with Gasteiger partial charge < -0.3 is 19.9 Å². The number of rotatable bonds is 5. The Labute approximate surface area is 173 Å². The van der Waals surface area contributed by atoms with Crippen LogP contribution >= 0.6 is 15.9 Å². The van der Waals surface area contributed by atoms with Crippen LogP contribution in [0.5, 0.6) is 0 Å². The Morgan fingerprint density at radius 3 is 2.57 bits per heavy atom. The maximum absolute atomic E-state index is 12.9. The molecule has 1 aliphatic heterocycles. The van der Waals surface area contributed by atoms with Crippen LogP contribution in [-0.4, -0.2) is 56.6 Å². The topological polar surface area (TPSA) is 61.9 Å². The van der Waals surface area contributed by atoms with Gasteiger partial charge in [0.05, 0.1) is 24.6 Å². The van der Waals surface area contributed by atoms with Gasteiger partial charge in [-0.15, -0.1) is 0 Å². The number of nitrogens with zero attached hydrogens (tertiary/aromatic N) is 2. The monoisotopic (exact) mass is 445 g/mol. The number of morpholine rings is 1. The lowest BCUT2D eigenvalue weighted by molar-refractivity contribution is 0.0802. The summed E-state index contributed by atoms with van der Waals surface area (Å²) in [7, 11) is 1.74. The quantitative estimate of drug-likeness (QED) is 0.762. The van der Waals surface area contributed by atoms with Crippen molar-refractivity contribution in [1.29, 1.82) is 0 Å². The van der Waals surface area contributed by atoms with Crippen molar-refractivity contribution in [2.24, 2.45) is 0 Å². The number of hydrogen-bond acceptors (Lipinski definition) is 4. The Bertz CT molecular complexity index is 866. The second kappa shape index (κ2) is 9.21. The third-order valence-electron chi connectivity index (χ3n) is 4.75. The van der Waals surface area contributed by atoms with E-state index in [1.807, 2.05) is 25.1 Å². The molecule has 1 N–H and O–H groups in total. The second-order valence-electron chi connectivity index (χ2n) is 6.62. The Kier molecular flexibility index (Phi) is 6.70. The molecule has 1 heterocycles. The molecule has 1 fully saturated rings. The van der Waals surface area contributed by atoms with Crippen LogP contribution in [0.4, 0.5) is 11.4 Å². The van der Waals surface area contributed by atoms with E-state index in [9.17, 15) is 9.59 Å². The molecular formula is C21H24BrN3O3. The zero-order valence-electron chi connectivity index (χ0n) is 16.1. The Balaban J connectivity index is 1.83. The minimum Gasteiger partial charge on any atom is -0.378 e. The van der Waals surface area contributed by atoms with Gasteiger partial charge in [0, 0.05) is 42.3 Å². The molecule has 0 bridgehead atoms. The van der Waals surface area contributed by atoms with Gasteiger partial charge in [-0.25, -0.2) is 0 Å². The molecule has 0 aliphatic carbocycles. The molecule has 2 amide bonds. The Hall–Kier alpha value is -2.38. The van der Waals surface area contributed by atoms with E-state index in [1.165, 1.54) is 0 Å². The first kappa shape index (κ1) is 20.4. The van der Waals surface area contributed by atoms with Crippen LogP contribution < -0.4 is 10.2 Å². The van der Waals surface area contributed by atoms with Gasteiger partial charge in [0.15, 0.2) is 0 Å². The van der Waals surface area contributed by atoms with Crippen molar-refractivity contribution in [2.75, 3.05) is 50.1 Å². The number of carbonyl (C=O) groups excluding carboxylic acids is 2. The van der Waals surface area contributed by atoms with E-state index < -0.39 is 0 Å². The van der Waals surface area contributed by atoms with E-state index in [2.05, 4.69) is 26.1 Å². The average molecular weight is 446 g/mol. The molecule has 3 rings (SSSR count). The molecule has 0 unspecified atom stereocenters. The summed E-state index contributed by atoms with van der Waals surface area (Å²) in [5, 5.41) is 3.00. The molecule has 2 aromatic carbocycles. The number of benzene rings is 2. The molecule has 28 heavy (non-hydrogen) atoms. The summed E-state index contributed by atoms with van der Waals surface area (Å²) >= 11 is 3.48. The molecule has 148 valence electrons. The van der Waals surface area contributed by atoms with Crippen molar-refractivity contribution in [3.05, 3.63) is 58.1 Å². The SMILES string of the molecule is CCN(C)C(=O)c1cccc(C(=O)Nc2cc(Br)ccc2N2CCOCC2)c1. The second-order valence-corrected chi connectivity index (χ2v) is 7.53. The van der Waals surface area contributed by atoms with Crippen LogP contribution in [0.1, 0.15) is 27.6 Å². The molecule has 1 saturated heterocycles. The highest BCUT2D eigenvalue weighted by Gasteiger charge is 2.18. The minimum atomic E-state index is -0.249. The van der Waals surface area contributed by atoms with E-state index in [1.54, 1.807) is 36.2 Å². The Morgan fingerprint density at radius 1 is 1.14 bits per heavy atom. The third kappa shape index (κ3) is 4.72. The van der Waals surface area contributed by atoms with Gasteiger partial charge in [-0.3, -0.25) is 9.59 Å². The predicted molar refractivity (Wildman–Crippen MR) is 114 cm³/mol. The van der Waals surface area contributed by atoms with Crippen LogP contribution in [0.2, 0.25) is 0 Å². The molecule has 1 aliphatic rings. The lowest BCUT2D eigenvalue weighted by Gasteiger charge is -2.30. The van der Waals surface area contributed by atoms with E-state index in [4.69, 9.17) is 4.74 Å². The first-order chi connectivity index (χ1) is 13.5. The average Bonchev–Trinajstić information content (AvgIpc) is 2.73. The zero-order valence-corrected chi connectivity index (χ0v) is 17.7. The third-order valence-corrected chi connectivity index (χ3v) is 5.24. The van der Waals surface area contributed by atoms with Crippen LogP contribution in [-0.2, 0) is 4.74 Å². The molecule has 0 radical (unpaired) electrons. The van der Waals surface area contributed by atoms with Gasteiger partial charge in [0.25, 0.3) is 11.8 Å². The maximum Gasteiger partial charge on any atom is 0.255 e. The van der Waals surface area contributed by atoms with E-state index in [0.29, 0.717) is 30.9 Å². The molecule has 0 spiro atoms. The maximum atomic E-state index is 12.9. The molecule has 0 aromatic heterocycles. The highest BCUT2D eigenvalue weighted by atomic mass is 79.9. The van der Waals surface area contributed by atoms with Crippen molar-refractivity contribution in [1.82, 2.24) is 4.90 Å². The Morgan fingerprint density at radius 2 is 1.86 bits per heavy atom. The van der Waals surface area contributed by atoms with Crippen LogP contribution in [0, 0.1) is 0 Å². The standard InChI is InChI=1S/C21H24BrN3O3/c1-3-24(2)21(27)16-6-4-5-15(13-16)20(26)23-18-14-17(22)7-8-19(18)25-9-11-28-12-10-25/h4-8,13-14H,3,9-12H2,1-2H3,(H,23,26). The van der Waals surface area contributed by atoms with Crippen LogP contribution in [0.25, 0.3) is 0 Å². The van der Waals surface area contributed by atoms with Crippen LogP contribution in [0.15, 0.2) is 46.9 Å². The van der Waals surface area contributed by atoms with Crippen molar-refractivity contribution in [3.8, 4) is 0 Å². The first-order valence-corrected chi connectivity index (χ1v) is 10.1. The van der Waals surface area contributed by atoms with Crippen LogP contribution in [0.3, 0.4) is 0 Å². The summed E-state index contributed by atoms with van der Waals surface area (Å²) in [5.74, 6) is -0.352. The molecule has 0 saturated carbocycles. The number of amides is 2. The van der Waals surface area contributed by atoms with E-state index in [-0.39, 0.29) is 11.8 Å². The molecular weight excluding hydrogens is 422 g/mol. The van der Waals surface area contributed by atoms with Gasteiger partial charge in [-0.2, -0.15) is 0 Å². The fourth-order valence-corrected chi connectivity index (χ4v) is 3.40. The highest BCUT2D eigenvalue weighted by molar-refractivity contribution is 9.10. The van der Waals surface area contributed by atoms with E-state index in [0.717, 1.165) is 28.9 Å². The normalized spacial score (nSPS) is 13.9. The fourth-order valence-electron chi connectivity index (χ4n) is 3.04. The van der Waals surface area contributed by atoms with Crippen molar-refractivity contribution in [3.63, 3.8) is 0 Å². The lowest BCUT2D eigenvalue weighted by Crippen LogP contribution is -2.36. The van der Waals surface area contributed by atoms with Crippen molar-refractivity contribution < 1.29 is 14.3 Å². The molecule has 2 aromatic rings. The number of anilines is 2. The van der Waals surface area contributed by atoms with Crippen molar-refractivity contribution in [2.45, 2.75) is 6.92 Å². The molecule has 7 heteroatoms. The minimum absolute atomic E-state index is 0.103. The number of hydrogen-bond donors (Lipinski definition) is 1. The summed E-state index contributed by atoms with van der Waals surface area (Å²) in [4.78, 5) is 29.1.